The van der Waals surface area contributed by atoms with Crippen molar-refractivity contribution in [2.45, 2.75) is 12.8 Å². The fourth-order valence-electron chi connectivity index (χ4n) is 1.38. The number of piperidine rings is 1. The van der Waals surface area contributed by atoms with E-state index in [-0.39, 0.29) is 18.4 Å². The van der Waals surface area contributed by atoms with Gasteiger partial charge in [0.1, 0.15) is 6.54 Å². The molecular weight excluding hydrogens is 172 g/mol. The van der Waals surface area contributed by atoms with Gasteiger partial charge in [0.15, 0.2) is 0 Å². The number of carboxylic acid groups (broad SMARTS) is 1. The molecule has 74 valence electrons. The van der Waals surface area contributed by atoms with E-state index in [2.05, 4.69) is 10.6 Å². The fourth-order valence-corrected chi connectivity index (χ4v) is 1.38. The van der Waals surface area contributed by atoms with Crippen molar-refractivity contribution in [3.63, 3.8) is 0 Å². The molecule has 0 saturated carbocycles. The van der Waals surface area contributed by atoms with Crippen LogP contribution in [-0.4, -0.2) is 36.6 Å². The van der Waals surface area contributed by atoms with Gasteiger partial charge in [0, 0.05) is 6.54 Å². The van der Waals surface area contributed by atoms with Crippen LogP contribution in [0.4, 0.5) is 0 Å². The number of rotatable bonds is 3. The molecule has 1 saturated heterocycles. The first-order valence-electron chi connectivity index (χ1n) is 4.40. The molecule has 1 amide bonds. The first kappa shape index (κ1) is 9.98. The Bertz CT molecular complexity index is 200. The second-order valence-corrected chi connectivity index (χ2v) is 3.15. The molecule has 1 fully saturated rings. The van der Waals surface area contributed by atoms with Crippen molar-refractivity contribution in [2.24, 2.45) is 5.92 Å². The number of hydrogen-bond donors (Lipinski definition) is 3. The largest absolute Gasteiger partial charge is 0.480 e. The van der Waals surface area contributed by atoms with E-state index in [4.69, 9.17) is 5.11 Å². The van der Waals surface area contributed by atoms with Crippen LogP contribution in [0.2, 0.25) is 0 Å². The highest BCUT2D eigenvalue weighted by Crippen LogP contribution is 2.09. The zero-order valence-electron chi connectivity index (χ0n) is 7.38. The van der Waals surface area contributed by atoms with E-state index in [1.54, 1.807) is 0 Å². The first-order chi connectivity index (χ1) is 6.20. The van der Waals surface area contributed by atoms with Crippen LogP contribution in [0.25, 0.3) is 0 Å². The predicted molar refractivity (Wildman–Crippen MR) is 46.2 cm³/mol. The highest BCUT2D eigenvalue weighted by Gasteiger charge is 2.20. The molecule has 5 nitrogen and oxygen atoms in total. The minimum absolute atomic E-state index is 0.0619. The van der Waals surface area contributed by atoms with E-state index in [0.29, 0.717) is 6.54 Å². The average Bonchev–Trinajstić information content (AvgIpc) is 2.15. The smallest absolute Gasteiger partial charge is 0.322 e. The van der Waals surface area contributed by atoms with Crippen molar-refractivity contribution in [1.29, 1.82) is 0 Å². The van der Waals surface area contributed by atoms with Gasteiger partial charge in [-0.3, -0.25) is 9.59 Å². The van der Waals surface area contributed by atoms with Crippen LogP contribution >= 0.6 is 0 Å². The molecule has 1 atom stereocenters. The third kappa shape index (κ3) is 3.42. The monoisotopic (exact) mass is 186 g/mol. The van der Waals surface area contributed by atoms with Gasteiger partial charge in [-0.25, -0.2) is 0 Å². The summed E-state index contributed by atoms with van der Waals surface area (Å²) in [5, 5.41) is 13.8. The van der Waals surface area contributed by atoms with E-state index in [9.17, 15) is 9.59 Å². The number of aliphatic carboxylic acids is 1. The van der Waals surface area contributed by atoms with E-state index >= 15 is 0 Å². The first-order valence-corrected chi connectivity index (χ1v) is 4.40. The molecule has 0 aliphatic carbocycles. The molecule has 0 bridgehead atoms. The number of carbonyl (C=O) groups is 2. The molecular formula is C8H14N2O3. The zero-order chi connectivity index (χ0) is 9.68. The molecule has 1 rings (SSSR count). The Labute approximate surface area is 76.5 Å². The molecule has 0 aromatic rings. The third-order valence-electron chi connectivity index (χ3n) is 2.08. The van der Waals surface area contributed by atoms with Crippen LogP contribution in [-0.2, 0) is 9.59 Å². The molecule has 13 heavy (non-hydrogen) atoms. The quantitative estimate of drug-likeness (QED) is 0.538. The summed E-state index contributed by atoms with van der Waals surface area (Å²) in [6.45, 7) is 1.32. The van der Waals surface area contributed by atoms with Crippen molar-refractivity contribution in [1.82, 2.24) is 10.6 Å². The van der Waals surface area contributed by atoms with Crippen molar-refractivity contribution >= 4 is 11.9 Å². The normalized spacial score (nSPS) is 22.3. The van der Waals surface area contributed by atoms with Crippen molar-refractivity contribution in [3.05, 3.63) is 0 Å². The Morgan fingerprint density at radius 1 is 1.54 bits per heavy atom. The van der Waals surface area contributed by atoms with Crippen molar-refractivity contribution in [2.75, 3.05) is 19.6 Å². The molecule has 0 unspecified atom stereocenters. The van der Waals surface area contributed by atoms with Gasteiger partial charge in [-0.2, -0.15) is 0 Å². The molecule has 3 N–H and O–H groups in total. The average molecular weight is 186 g/mol. The molecule has 1 aliphatic rings. The second kappa shape index (κ2) is 4.81. The van der Waals surface area contributed by atoms with Crippen LogP contribution < -0.4 is 10.6 Å². The van der Waals surface area contributed by atoms with Gasteiger partial charge in [0.25, 0.3) is 0 Å². The zero-order valence-corrected chi connectivity index (χ0v) is 7.38. The van der Waals surface area contributed by atoms with Gasteiger partial charge in [-0.1, -0.05) is 0 Å². The van der Waals surface area contributed by atoms with Crippen LogP contribution in [0.1, 0.15) is 12.8 Å². The lowest BCUT2D eigenvalue weighted by Crippen LogP contribution is -2.42. The van der Waals surface area contributed by atoms with Crippen LogP contribution in [0.3, 0.4) is 0 Å². The number of hydrogen-bond acceptors (Lipinski definition) is 3. The van der Waals surface area contributed by atoms with Crippen LogP contribution in [0.15, 0.2) is 0 Å². The Morgan fingerprint density at radius 3 is 2.85 bits per heavy atom. The minimum Gasteiger partial charge on any atom is -0.480 e. The predicted octanol–water partition coefficient (Wildman–Crippen LogP) is -0.813. The molecule has 1 heterocycles. The highest BCUT2D eigenvalue weighted by atomic mass is 16.4. The lowest BCUT2D eigenvalue weighted by molar-refractivity contribution is -0.138. The van der Waals surface area contributed by atoms with Gasteiger partial charge in [0.05, 0.1) is 5.92 Å². The fraction of sp³-hybridized carbons (Fsp3) is 0.750. The summed E-state index contributed by atoms with van der Waals surface area (Å²) in [6, 6.07) is 0. The van der Waals surface area contributed by atoms with Crippen molar-refractivity contribution in [3.8, 4) is 0 Å². The summed E-state index contributed by atoms with van der Waals surface area (Å²) in [6.07, 6.45) is 1.82. The second-order valence-electron chi connectivity index (χ2n) is 3.15. The SMILES string of the molecule is O=C(O)CNC(=O)[C@H]1CCCNC1. The lowest BCUT2D eigenvalue weighted by atomic mass is 9.99. The van der Waals surface area contributed by atoms with Gasteiger partial charge in [-0.15, -0.1) is 0 Å². The molecule has 0 spiro atoms. The van der Waals surface area contributed by atoms with E-state index < -0.39 is 5.97 Å². The molecule has 0 aromatic carbocycles. The number of carbonyl (C=O) groups excluding carboxylic acids is 1. The topological polar surface area (TPSA) is 78.4 Å². The summed E-state index contributed by atoms with van der Waals surface area (Å²) < 4.78 is 0. The van der Waals surface area contributed by atoms with E-state index in [0.717, 1.165) is 19.4 Å². The Balaban J connectivity index is 2.25. The van der Waals surface area contributed by atoms with Gasteiger partial charge >= 0.3 is 5.97 Å². The summed E-state index contributed by atoms with van der Waals surface area (Å²) in [5.41, 5.74) is 0. The van der Waals surface area contributed by atoms with Crippen LogP contribution in [0.5, 0.6) is 0 Å². The summed E-state index contributed by atoms with van der Waals surface area (Å²) >= 11 is 0. The molecule has 5 heteroatoms. The third-order valence-corrected chi connectivity index (χ3v) is 2.08. The summed E-state index contributed by atoms with van der Waals surface area (Å²) in [5.74, 6) is -1.22. The van der Waals surface area contributed by atoms with Gasteiger partial charge in [0.2, 0.25) is 5.91 Å². The minimum atomic E-state index is -1.00. The Morgan fingerprint density at radius 2 is 2.31 bits per heavy atom. The maximum atomic E-state index is 11.3. The number of carboxylic acids is 1. The molecule has 0 aromatic heterocycles. The Kier molecular flexibility index (Phi) is 3.70. The Hall–Kier alpha value is -1.10. The number of nitrogens with one attached hydrogen (secondary N) is 2. The number of amides is 1. The van der Waals surface area contributed by atoms with Gasteiger partial charge < -0.3 is 15.7 Å². The maximum Gasteiger partial charge on any atom is 0.322 e. The van der Waals surface area contributed by atoms with E-state index in [1.807, 2.05) is 0 Å². The highest BCUT2D eigenvalue weighted by molar-refractivity contribution is 5.83. The van der Waals surface area contributed by atoms with E-state index in [1.165, 1.54) is 0 Å². The maximum absolute atomic E-state index is 11.3. The summed E-state index contributed by atoms with van der Waals surface area (Å²) in [7, 11) is 0. The summed E-state index contributed by atoms with van der Waals surface area (Å²) in [4.78, 5) is 21.4. The van der Waals surface area contributed by atoms with Gasteiger partial charge in [-0.05, 0) is 19.4 Å². The molecule has 1 aliphatic heterocycles. The molecule has 0 radical (unpaired) electrons. The van der Waals surface area contributed by atoms with Crippen LogP contribution in [0, 0.1) is 5.92 Å². The standard InChI is InChI=1S/C8H14N2O3/c11-7(12)5-10-8(13)6-2-1-3-9-4-6/h6,9H,1-5H2,(H,10,13)(H,11,12)/t6-/m0/s1. The van der Waals surface area contributed by atoms with Crippen molar-refractivity contribution < 1.29 is 14.7 Å². The lowest BCUT2D eigenvalue weighted by Gasteiger charge is -2.21.